The zero-order chi connectivity index (χ0) is 17.3. The van der Waals surface area contributed by atoms with Gasteiger partial charge in [0.25, 0.3) is 0 Å². The zero-order valence-corrected chi connectivity index (χ0v) is 13.1. The normalized spacial score (nSPS) is 13.4. The molecule has 0 saturated carbocycles. The number of aliphatic hydroxyl groups excluding tert-OH is 1. The molecular weight excluding hydrogens is 317 g/mol. The topological polar surface area (TPSA) is 38.0 Å². The molecule has 1 heterocycles. The van der Waals surface area contributed by atoms with Gasteiger partial charge in [-0.2, -0.15) is 13.2 Å². The maximum atomic E-state index is 12.9. The van der Waals surface area contributed by atoms with E-state index in [1.807, 2.05) is 30.3 Å². The van der Waals surface area contributed by atoms with Crippen molar-refractivity contribution in [1.29, 1.82) is 0 Å². The van der Waals surface area contributed by atoms with Gasteiger partial charge in [0.2, 0.25) is 0 Å². The number of fused-ring (bicyclic) bond motifs is 1. The highest BCUT2D eigenvalue weighted by molar-refractivity contribution is 5.77. The van der Waals surface area contributed by atoms with Gasteiger partial charge in [0, 0.05) is 6.42 Å². The summed E-state index contributed by atoms with van der Waals surface area (Å²) in [6.45, 7) is 1.92. The Labute approximate surface area is 137 Å². The molecule has 1 atom stereocenters. The monoisotopic (exact) mass is 334 g/mol. The van der Waals surface area contributed by atoms with Gasteiger partial charge in [0.1, 0.15) is 5.82 Å². The van der Waals surface area contributed by atoms with Crippen molar-refractivity contribution >= 4 is 11.0 Å². The molecule has 2 aromatic carbocycles. The fraction of sp³-hybridized carbons (Fsp3) is 0.278. The molecule has 24 heavy (non-hydrogen) atoms. The Morgan fingerprint density at radius 3 is 2.46 bits per heavy atom. The number of hydrogen-bond donors (Lipinski definition) is 1. The molecule has 0 saturated heterocycles. The van der Waals surface area contributed by atoms with Crippen LogP contribution in [0.4, 0.5) is 13.2 Å². The summed E-state index contributed by atoms with van der Waals surface area (Å²) < 4.78 is 40.5. The molecule has 1 N–H and O–H groups in total. The lowest BCUT2D eigenvalue weighted by Gasteiger charge is -2.12. The summed E-state index contributed by atoms with van der Waals surface area (Å²) in [5.74, 6) is 0.636. The first-order valence-corrected chi connectivity index (χ1v) is 7.63. The number of rotatable bonds is 4. The van der Waals surface area contributed by atoms with Crippen molar-refractivity contribution in [3.05, 3.63) is 65.5 Å². The van der Waals surface area contributed by atoms with E-state index in [0.29, 0.717) is 17.8 Å². The van der Waals surface area contributed by atoms with E-state index >= 15 is 0 Å². The molecule has 126 valence electrons. The minimum atomic E-state index is -4.40. The van der Waals surface area contributed by atoms with Crippen LogP contribution in [0.2, 0.25) is 0 Å². The molecule has 1 unspecified atom stereocenters. The predicted molar refractivity (Wildman–Crippen MR) is 85.7 cm³/mol. The van der Waals surface area contributed by atoms with Crippen molar-refractivity contribution in [2.45, 2.75) is 32.2 Å². The Morgan fingerprint density at radius 1 is 1.12 bits per heavy atom. The van der Waals surface area contributed by atoms with Gasteiger partial charge in [-0.25, -0.2) is 4.98 Å². The molecule has 3 nitrogen and oxygen atoms in total. The molecule has 3 rings (SSSR count). The summed E-state index contributed by atoms with van der Waals surface area (Å²) in [5.41, 5.74) is 1.17. The summed E-state index contributed by atoms with van der Waals surface area (Å²) >= 11 is 0. The number of imidazole rings is 1. The average Bonchev–Trinajstić information content (AvgIpc) is 2.84. The Hall–Kier alpha value is -2.34. The van der Waals surface area contributed by atoms with E-state index in [2.05, 4.69) is 4.98 Å². The SMILES string of the molecule is CC(O)Cn1c(Cc2ccccc2)nc2cc(C(F)(F)F)ccc21. The van der Waals surface area contributed by atoms with Crippen molar-refractivity contribution in [2.75, 3.05) is 0 Å². The fourth-order valence-electron chi connectivity index (χ4n) is 2.74. The summed E-state index contributed by atoms with van der Waals surface area (Å²) in [5, 5.41) is 9.73. The quantitative estimate of drug-likeness (QED) is 0.782. The largest absolute Gasteiger partial charge is 0.416 e. The van der Waals surface area contributed by atoms with E-state index in [-0.39, 0.29) is 12.1 Å². The Balaban J connectivity index is 2.09. The predicted octanol–water partition coefficient (Wildman–Crippen LogP) is 4.03. The van der Waals surface area contributed by atoms with Crippen LogP contribution in [-0.4, -0.2) is 20.8 Å². The fourth-order valence-corrected chi connectivity index (χ4v) is 2.74. The summed E-state index contributed by atoms with van der Waals surface area (Å²) in [4.78, 5) is 4.39. The van der Waals surface area contributed by atoms with E-state index in [4.69, 9.17) is 0 Å². The molecule has 0 aliphatic rings. The third-order valence-electron chi connectivity index (χ3n) is 3.81. The van der Waals surface area contributed by atoms with Crippen molar-refractivity contribution in [3.63, 3.8) is 0 Å². The highest BCUT2D eigenvalue weighted by Gasteiger charge is 2.31. The first kappa shape index (κ1) is 16.5. The molecule has 6 heteroatoms. The van der Waals surface area contributed by atoms with Crippen LogP contribution in [0.25, 0.3) is 11.0 Å². The van der Waals surface area contributed by atoms with E-state index in [0.717, 1.165) is 17.7 Å². The van der Waals surface area contributed by atoms with Crippen LogP contribution in [0.1, 0.15) is 23.9 Å². The Kier molecular flexibility index (Phi) is 4.32. The van der Waals surface area contributed by atoms with Gasteiger partial charge in [0.05, 0.1) is 29.2 Å². The van der Waals surface area contributed by atoms with Gasteiger partial charge in [-0.3, -0.25) is 0 Å². The van der Waals surface area contributed by atoms with Crippen LogP contribution in [0, 0.1) is 0 Å². The number of aliphatic hydroxyl groups is 1. The first-order valence-electron chi connectivity index (χ1n) is 7.63. The summed E-state index contributed by atoms with van der Waals surface area (Å²) in [7, 11) is 0. The zero-order valence-electron chi connectivity index (χ0n) is 13.1. The second-order valence-electron chi connectivity index (χ2n) is 5.85. The van der Waals surface area contributed by atoms with Crippen LogP contribution in [0.3, 0.4) is 0 Å². The van der Waals surface area contributed by atoms with Crippen molar-refractivity contribution in [1.82, 2.24) is 9.55 Å². The maximum Gasteiger partial charge on any atom is 0.416 e. The molecule has 3 aromatic rings. The average molecular weight is 334 g/mol. The molecule has 0 amide bonds. The summed E-state index contributed by atoms with van der Waals surface area (Å²) in [6.07, 6.45) is -4.54. The molecule has 0 aliphatic heterocycles. The number of hydrogen-bond acceptors (Lipinski definition) is 2. The van der Waals surface area contributed by atoms with E-state index in [9.17, 15) is 18.3 Å². The molecule has 0 fully saturated rings. The van der Waals surface area contributed by atoms with Crippen LogP contribution in [0.5, 0.6) is 0 Å². The highest BCUT2D eigenvalue weighted by Crippen LogP contribution is 2.31. The smallest absolute Gasteiger partial charge is 0.392 e. The van der Waals surface area contributed by atoms with Crippen LogP contribution in [-0.2, 0) is 19.1 Å². The van der Waals surface area contributed by atoms with Gasteiger partial charge >= 0.3 is 6.18 Å². The third kappa shape index (κ3) is 3.43. The van der Waals surface area contributed by atoms with Crippen LogP contribution < -0.4 is 0 Å². The van der Waals surface area contributed by atoms with E-state index < -0.39 is 17.8 Å². The van der Waals surface area contributed by atoms with Crippen LogP contribution in [0.15, 0.2) is 48.5 Å². The lowest BCUT2D eigenvalue weighted by molar-refractivity contribution is -0.137. The van der Waals surface area contributed by atoms with E-state index in [1.54, 1.807) is 11.5 Å². The number of aromatic nitrogens is 2. The molecule has 1 aromatic heterocycles. The third-order valence-corrected chi connectivity index (χ3v) is 3.81. The van der Waals surface area contributed by atoms with E-state index in [1.165, 1.54) is 6.07 Å². The van der Waals surface area contributed by atoms with Crippen molar-refractivity contribution in [3.8, 4) is 0 Å². The summed E-state index contributed by atoms with van der Waals surface area (Å²) in [6, 6.07) is 13.1. The standard InChI is InChI=1S/C18H17F3N2O/c1-12(24)11-23-16-8-7-14(18(19,20)21)10-15(16)22-17(23)9-13-5-3-2-4-6-13/h2-8,10,12,24H,9,11H2,1H3. The number of nitrogens with zero attached hydrogens (tertiary/aromatic N) is 2. The second-order valence-corrected chi connectivity index (χ2v) is 5.85. The van der Waals surface area contributed by atoms with Crippen molar-refractivity contribution < 1.29 is 18.3 Å². The lowest BCUT2D eigenvalue weighted by atomic mass is 10.1. The van der Waals surface area contributed by atoms with Crippen molar-refractivity contribution in [2.24, 2.45) is 0 Å². The first-order chi connectivity index (χ1) is 11.3. The van der Waals surface area contributed by atoms with Gasteiger partial charge in [-0.1, -0.05) is 30.3 Å². The van der Waals surface area contributed by atoms with Gasteiger partial charge in [-0.05, 0) is 30.7 Å². The maximum absolute atomic E-state index is 12.9. The van der Waals surface area contributed by atoms with Gasteiger partial charge in [-0.15, -0.1) is 0 Å². The molecule has 0 radical (unpaired) electrons. The van der Waals surface area contributed by atoms with Gasteiger partial charge in [0.15, 0.2) is 0 Å². The Bertz CT molecular complexity index is 839. The van der Waals surface area contributed by atoms with Gasteiger partial charge < -0.3 is 9.67 Å². The lowest BCUT2D eigenvalue weighted by Crippen LogP contribution is -2.14. The van der Waals surface area contributed by atoms with Crippen LogP contribution >= 0.6 is 0 Å². The second kappa shape index (κ2) is 6.28. The minimum Gasteiger partial charge on any atom is -0.392 e. The number of halogens is 3. The molecule has 0 aliphatic carbocycles. The molecule has 0 bridgehead atoms. The molecular formula is C18H17F3N2O. The highest BCUT2D eigenvalue weighted by atomic mass is 19.4. The molecule has 0 spiro atoms. The minimum absolute atomic E-state index is 0.282. The number of alkyl halides is 3. The Morgan fingerprint density at radius 2 is 1.83 bits per heavy atom. The number of benzene rings is 2.